The molecule has 0 bridgehead atoms. The molecule has 0 aromatic carbocycles. The largest absolute Gasteiger partial charge is 0.293 e. The lowest BCUT2D eigenvalue weighted by Crippen LogP contribution is -2.15. The quantitative estimate of drug-likeness (QED) is 0.765. The van der Waals surface area contributed by atoms with Crippen molar-refractivity contribution in [2.75, 3.05) is 0 Å². The Morgan fingerprint density at radius 1 is 1.64 bits per heavy atom. The first kappa shape index (κ1) is 11.8. The highest BCUT2D eigenvalue weighted by atomic mass is 79.9. The van der Waals surface area contributed by atoms with Crippen LogP contribution in [0.25, 0.3) is 0 Å². The average Bonchev–Trinajstić information content (AvgIpc) is 2.26. The SMILES string of the molecule is Cc1cc(Br)c(C(=O)CC(C)(F)F)s1. The van der Waals surface area contributed by atoms with Gasteiger partial charge in [-0.15, -0.1) is 11.3 Å². The Morgan fingerprint density at radius 3 is 2.57 bits per heavy atom. The van der Waals surface area contributed by atoms with Gasteiger partial charge in [0.05, 0.1) is 11.3 Å². The Bertz CT molecular complexity index is 354. The maximum absolute atomic E-state index is 12.6. The number of carbonyl (C=O) groups is 1. The van der Waals surface area contributed by atoms with E-state index in [4.69, 9.17) is 0 Å². The summed E-state index contributed by atoms with van der Waals surface area (Å²) in [6.45, 7) is 2.58. The maximum atomic E-state index is 12.6. The first-order valence-electron chi connectivity index (χ1n) is 3.96. The van der Waals surface area contributed by atoms with Crippen LogP contribution < -0.4 is 0 Å². The number of Topliss-reactive ketones (excluding diaryl/α,β-unsaturated/α-hetero) is 1. The second-order valence-electron chi connectivity index (χ2n) is 3.20. The summed E-state index contributed by atoms with van der Waals surface area (Å²) in [6.07, 6.45) is -0.731. The molecule has 0 unspecified atom stereocenters. The molecule has 0 radical (unpaired) electrons. The van der Waals surface area contributed by atoms with E-state index in [1.54, 1.807) is 6.07 Å². The smallest absolute Gasteiger partial charge is 0.252 e. The zero-order valence-electron chi connectivity index (χ0n) is 7.73. The minimum absolute atomic E-state index is 0.379. The highest BCUT2D eigenvalue weighted by Crippen LogP contribution is 2.30. The van der Waals surface area contributed by atoms with Crippen LogP contribution in [0.15, 0.2) is 10.5 Å². The number of thiophene rings is 1. The molecule has 5 heteroatoms. The number of hydrogen-bond acceptors (Lipinski definition) is 2. The van der Waals surface area contributed by atoms with Gasteiger partial charge >= 0.3 is 0 Å². The molecule has 0 amide bonds. The van der Waals surface area contributed by atoms with E-state index in [-0.39, 0.29) is 0 Å². The lowest BCUT2D eigenvalue weighted by molar-refractivity contribution is 0.0157. The summed E-state index contributed by atoms with van der Waals surface area (Å²) in [5.74, 6) is -3.45. The van der Waals surface area contributed by atoms with Crippen molar-refractivity contribution in [2.24, 2.45) is 0 Å². The molecule has 14 heavy (non-hydrogen) atoms. The molecule has 1 rings (SSSR count). The van der Waals surface area contributed by atoms with Crippen molar-refractivity contribution in [1.29, 1.82) is 0 Å². The molecule has 0 saturated carbocycles. The average molecular weight is 283 g/mol. The number of carbonyl (C=O) groups excluding carboxylic acids is 1. The molecule has 0 aliphatic rings. The fourth-order valence-corrected chi connectivity index (χ4v) is 2.84. The number of alkyl halides is 2. The van der Waals surface area contributed by atoms with Gasteiger partial charge in [0.15, 0.2) is 5.78 Å². The van der Waals surface area contributed by atoms with Crippen molar-refractivity contribution in [3.05, 3.63) is 20.3 Å². The Hall–Kier alpha value is -0.290. The van der Waals surface area contributed by atoms with Crippen molar-refractivity contribution in [3.8, 4) is 0 Å². The third kappa shape index (κ3) is 3.13. The third-order valence-electron chi connectivity index (χ3n) is 1.53. The first-order valence-corrected chi connectivity index (χ1v) is 5.57. The number of rotatable bonds is 3. The van der Waals surface area contributed by atoms with E-state index in [0.717, 1.165) is 11.8 Å². The summed E-state index contributed by atoms with van der Waals surface area (Å²) in [5.41, 5.74) is 0. The molecule has 1 aromatic rings. The number of halogens is 3. The summed E-state index contributed by atoms with van der Waals surface area (Å²) in [5, 5.41) is 0. The van der Waals surface area contributed by atoms with Gasteiger partial charge in [0, 0.05) is 9.35 Å². The second kappa shape index (κ2) is 4.06. The van der Waals surface area contributed by atoms with E-state index in [9.17, 15) is 13.6 Å². The molecule has 1 aromatic heterocycles. The monoisotopic (exact) mass is 282 g/mol. The zero-order valence-corrected chi connectivity index (χ0v) is 10.1. The van der Waals surface area contributed by atoms with Gasteiger partial charge in [0.2, 0.25) is 0 Å². The number of ketones is 1. The molecule has 78 valence electrons. The predicted octanol–water partition coefficient (Wildman–Crippen LogP) is 4.05. The standard InChI is InChI=1S/C9H9BrF2OS/c1-5-3-6(10)8(14-5)7(13)4-9(2,11)12/h3H,4H2,1-2H3. The van der Waals surface area contributed by atoms with Crippen LogP contribution in [0.5, 0.6) is 0 Å². The lowest BCUT2D eigenvalue weighted by atomic mass is 10.1. The molecule has 1 nitrogen and oxygen atoms in total. The maximum Gasteiger partial charge on any atom is 0.252 e. The summed E-state index contributed by atoms with van der Waals surface area (Å²) in [6, 6.07) is 1.76. The number of aryl methyl sites for hydroxylation is 1. The van der Waals surface area contributed by atoms with Gasteiger partial charge in [-0.05, 0) is 35.8 Å². The Morgan fingerprint density at radius 2 is 2.21 bits per heavy atom. The Kier molecular flexibility index (Phi) is 3.42. The normalized spacial score (nSPS) is 11.8. The van der Waals surface area contributed by atoms with Gasteiger partial charge < -0.3 is 0 Å². The molecular weight excluding hydrogens is 274 g/mol. The van der Waals surface area contributed by atoms with Gasteiger partial charge in [-0.25, -0.2) is 8.78 Å². The summed E-state index contributed by atoms with van der Waals surface area (Å²) in [4.78, 5) is 12.7. The van der Waals surface area contributed by atoms with E-state index in [0.29, 0.717) is 9.35 Å². The molecule has 1 heterocycles. The molecule has 0 aliphatic carbocycles. The van der Waals surface area contributed by atoms with Gasteiger partial charge in [-0.1, -0.05) is 0 Å². The molecule has 0 atom stereocenters. The van der Waals surface area contributed by atoms with Gasteiger partial charge in [0.1, 0.15) is 0 Å². The van der Waals surface area contributed by atoms with Gasteiger partial charge in [0.25, 0.3) is 5.92 Å². The van der Waals surface area contributed by atoms with Crippen LogP contribution in [0.3, 0.4) is 0 Å². The van der Waals surface area contributed by atoms with E-state index in [1.165, 1.54) is 11.3 Å². The lowest BCUT2D eigenvalue weighted by Gasteiger charge is -2.07. The van der Waals surface area contributed by atoms with Crippen LogP contribution >= 0.6 is 27.3 Å². The second-order valence-corrected chi connectivity index (χ2v) is 5.31. The minimum atomic E-state index is -2.94. The fraction of sp³-hybridized carbons (Fsp3) is 0.444. The van der Waals surface area contributed by atoms with Crippen molar-refractivity contribution in [3.63, 3.8) is 0 Å². The van der Waals surface area contributed by atoms with Crippen molar-refractivity contribution < 1.29 is 13.6 Å². The third-order valence-corrected chi connectivity index (χ3v) is 3.51. The van der Waals surface area contributed by atoms with E-state index >= 15 is 0 Å². The Labute approximate surface area is 93.3 Å². The van der Waals surface area contributed by atoms with Crippen LogP contribution in [0, 0.1) is 6.92 Å². The molecule has 0 spiro atoms. The van der Waals surface area contributed by atoms with Crippen LogP contribution in [0.2, 0.25) is 0 Å². The van der Waals surface area contributed by atoms with Crippen LogP contribution in [0.4, 0.5) is 8.78 Å². The van der Waals surface area contributed by atoms with Crippen molar-refractivity contribution >= 4 is 33.0 Å². The minimum Gasteiger partial charge on any atom is -0.293 e. The molecular formula is C9H9BrF2OS. The first-order chi connectivity index (χ1) is 6.29. The fourth-order valence-electron chi connectivity index (χ4n) is 1.04. The van der Waals surface area contributed by atoms with Crippen LogP contribution in [-0.2, 0) is 0 Å². The summed E-state index contributed by atoms with van der Waals surface area (Å²) in [7, 11) is 0. The number of hydrogen-bond donors (Lipinski definition) is 0. The van der Waals surface area contributed by atoms with Crippen molar-refractivity contribution in [1.82, 2.24) is 0 Å². The van der Waals surface area contributed by atoms with E-state index in [2.05, 4.69) is 15.9 Å². The summed E-state index contributed by atoms with van der Waals surface area (Å²) < 4.78 is 25.7. The topological polar surface area (TPSA) is 17.1 Å². The molecule has 0 saturated heterocycles. The zero-order chi connectivity index (χ0) is 10.9. The predicted molar refractivity (Wildman–Crippen MR) is 56.3 cm³/mol. The molecule has 0 N–H and O–H groups in total. The Balaban J connectivity index is 2.85. The van der Waals surface area contributed by atoms with Crippen LogP contribution in [0.1, 0.15) is 27.9 Å². The van der Waals surface area contributed by atoms with Crippen molar-refractivity contribution in [2.45, 2.75) is 26.2 Å². The van der Waals surface area contributed by atoms with E-state index < -0.39 is 18.1 Å². The summed E-state index contributed by atoms with van der Waals surface area (Å²) >= 11 is 4.40. The highest BCUT2D eigenvalue weighted by molar-refractivity contribution is 9.10. The van der Waals surface area contributed by atoms with Gasteiger partial charge in [-0.3, -0.25) is 4.79 Å². The van der Waals surface area contributed by atoms with E-state index in [1.807, 2.05) is 6.92 Å². The van der Waals surface area contributed by atoms with Gasteiger partial charge in [-0.2, -0.15) is 0 Å². The highest BCUT2D eigenvalue weighted by Gasteiger charge is 2.27. The van der Waals surface area contributed by atoms with Crippen LogP contribution in [-0.4, -0.2) is 11.7 Å². The molecule has 0 fully saturated rings. The molecule has 0 aliphatic heterocycles.